The molecule has 54 heavy (non-hydrogen) atoms. The SMILES string of the molecule is COCOc1cc(F)ccc1-c1cc(-c2cccc(NC(=O)[C@H](COC(=O)NC(C)(C)C)NC(=O)OC(C)(C)C)c2)c(C#N)c(NC(=O)c2ccco2)n1. The summed E-state index contributed by atoms with van der Waals surface area (Å²) in [6.45, 7) is 9.45. The minimum Gasteiger partial charge on any atom is -0.467 e. The van der Waals surface area contributed by atoms with Crippen LogP contribution in [0.25, 0.3) is 22.4 Å². The molecule has 0 aliphatic heterocycles. The Balaban J connectivity index is 1.74. The van der Waals surface area contributed by atoms with Crippen LogP contribution in [0.15, 0.2) is 71.3 Å². The molecule has 0 saturated heterocycles. The summed E-state index contributed by atoms with van der Waals surface area (Å²) in [5.41, 5.74) is -0.184. The maximum Gasteiger partial charge on any atom is 0.408 e. The number of benzene rings is 2. The Morgan fingerprint density at radius 2 is 1.70 bits per heavy atom. The van der Waals surface area contributed by atoms with Crippen molar-refractivity contribution >= 4 is 35.5 Å². The number of aromatic nitrogens is 1. The van der Waals surface area contributed by atoms with Gasteiger partial charge in [0.15, 0.2) is 18.4 Å². The number of hydrogen-bond donors (Lipinski definition) is 4. The van der Waals surface area contributed by atoms with E-state index in [1.807, 2.05) is 0 Å². The predicted octanol–water partition coefficient (Wildman–Crippen LogP) is 6.61. The number of anilines is 2. The molecule has 4 aromatic rings. The molecule has 15 nitrogen and oxygen atoms in total. The fourth-order valence-electron chi connectivity index (χ4n) is 4.77. The number of carbonyl (C=O) groups is 4. The Hall–Kier alpha value is -6.47. The van der Waals surface area contributed by atoms with Gasteiger partial charge in [-0.2, -0.15) is 5.26 Å². The van der Waals surface area contributed by atoms with Crippen LogP contribution in [-0.2, 0) is 19.0 Å². The second-order valence-corrected chi connectivity index (χ2v) is 13.8. The summed E-state index contributed by atoms with van der Waals surface area (Å²) in [5.74, 6) is -2.15. The van der Waals surface area contributed by atoms with E-state index in [0.717, 1.165) is 6.07 Å². The number of rotatable bonds is 12. The van der Waals surface area contributed by atoms with E-state index in [-0.39, 0.29) is 46.6 Å². The normalized spacial score (nSPS) is 11.8. The van der Waals surface area contributed by atoms with Crippen LogP contribution >= 0.6 is 0 Å². The quantitative estimate of drug-likeness (QED) is 0.114. The molecule has 2 heterocycles. The lowest BCUT2D eigenvalue weighted by Crippen LogP contribution is -2.50. The molecular formula is C38H41FN6O9. The second kappa shape index (κ2) is 17.4. The van der Waals surface area contributed by atoms with E-state index in [0.29, 0.717) is 11.1 Å². The monoisotopic (exact) mass is 744 g/mol. The summed E-state index contributed by atoms with van der Waals surface area (Å²) in [4.78, 5) is 56.3. The Kier molecular flexibility index (Phi) is 13.0. The Labute approximate surface area is 311 Å². The largest absolute Gasteiger partial charge is 0.467 e. The maximum absolute atomic E-state index is 14.3. The van der Waals surface area contributed by atoms with Crippen molar-refractivity contribution in [2.75, 3.05) is 31.1 Å². The highest BCUT2D eigenvalue weighted by molar-refractivity contribution is 6.03. The van der Waals surface area contributed by atoms with Crippen molar-refractivity contribution in [2.45, 2.75) is 58.7 Å². The van der Waals surface area contributed by atoms with Crippen LogP contribution in [-0.4, -0.2) is 66.7 Å². The summed E-state index contributed by atoms with van der Waals surface area (Å²) in [5, 5.41) is 20.7. The van der Waals surface area contributed by atoms with Crippen LogP contribution < -0.4 is 26.0 Å². The molecule has 0 radical (unpaired) electrons. The highest BCUT2D eigenvalue weighted by Gasteiger charge is 2.27. The molecule has 2 aromatic heterocycles. The number of ether oxygens (including phenoxy) is 4. The highest BCUT2D eigenvalue weighted by atomic mass is 19.1. The topological polar surface area (TPSA) is 203 Å². The van der Waals surface area contributed by atoms with Crippen molar-refractivity contribution in [3.63, 3.8) is 0 Å². The molecular weight excluding hydrogens is 703 g/mol. The van der Waals surface area contributed by atoms with Gasteiger partial charge in [-0.15, -0.1) is 0 Å². The Morgan fingerprint density at radius 1 is 0.944 bits per heavy atom. The summed E-state index contributed by atoms with van der Waals surface area (Å²) in [6.07, 6.45) is -0.413. The smallest absolute Gasteiger partial charge is 0.408 e. The van der Waals surface area contributed by atoms with Crippen molar-refractivity contribution in [1.82, 2.24) is 15.6 Å². The van der Waals surface area contributed by atoms with Crippen molar-refractivity contribution < 1.29 is 46.9 Å². The lowest BCUT2D eigenvalue weighted by Gasteiger charge is -2.24. The van der Waals surface area contributed by atoms with Crippen LogP contribution in [0, 0.1) is 17.1 Å². The molecule has 0 aliphatic carbocycles. The zero-order valence-corrected chi connectivity index (χ0v) is 30.8. The molecule has 4 rings (SSSR count). The van der Waals surface area contributed by atoms with E-state index < -0.39 is 53.6 Å². The number of furan rings is 1. The van der Waals surface area contributed by atoms with E-state index in [1.165, 1.54) is 37.6 Å². The number of nitrogens with zero attached hydrogens (tertiary/aromatic N) is 2. The minimum absolute atomic E-state index is 0.0438. The van der Waals surface area contributed by atoms with Crippen LogP contribution in [0.3, 0.4) is 0 Å². The number of halogens is 1. The summed E-state index contributed by atoms with van der Waals surface area (Å²) in [6, 6.07) is 15.3. The molecule has 0 saturated carbocycles. The van der Waals surface area contributed by atoms with E-state index >= 15 is 0 Å². The number of nitrogens with one attached hydrogen (secondary N) is 4. The van der Waals surface area contributed by atoms with Gasteiger partial charge < -0.3 is 44.6 Å². The van der Waals surface area contributed by atoms with Crippen LogP contribution in [0.5, 0.6) is 5.75 Å². The Bertz CT molecular complexity index is 2030. The first-order valence-electron chi connectivity index (χ1n) is 16.5. The Morgan fingerprint density at radius 3 is 2.35 bits per heavy atom. The van der Waals surface area contributed by atoms with E-state index in [9.17, 15) is 28.8 Å². The molecule has 284 valence electrons. The van der Waals surface area contributed by atoms with Crippen molar-refractivity contribution in [3.8, 4) is 34.2 Å². The summed E-state index contributed by atoms with van der Waals surface area (Å²) >= 11 is 0. The lowest BCUT2D eigenvalue weighted by atomic mass is 9.97. The van der Waals surface area contributed by atoms with Crippen molar-refractivity contribution in [3.05, 3.63) is 84.1 Å². The van der Waals surface area contributed by atoms with Gasteiger partial charge in [0.25, 0.3) is 11.8 Å². The van der Waals surface area contributed by atoms with E-state index in [2.05, 4.69) is 32.3 Å². The first-order chi connectivity index (χ1) is 25.5. The third-order valence-electron chi connectivity index (χ3n) is 6.97. The zero-order chi connectivity index (χ0) is 39.6. The summed E-state index contributed by atoms with van der Waals surface area (Å²) < 4.78 is 40.7. The van der Waals surface area contributed by atoms with Gasteiger partial charge in [0.05, 0.1) is 12.0 Å². The molecule has 0 spiro atoms. The van der Waals surface area contributed by atoms with E-state index in [1.54, 1.807) is 71.9 Å². The average molecular weight is 745 g/mol. The van der Waals surface area contributed by atoms with Gasteiger partial charge in [-0.1, -0.05) is 12.1 Å². The van der Waals surface area contributed by atoms with Crippen LogP contribution in [0.4, 0.5) is 25.5 Å². The minimum atomic E-state index is -1.39. The molecule has 4 N–H and O–H groups in total. The first-order valence-corrected chi connectivity index (χ1v) is 16.5. The molecule has 16 heteroatoms. The number of pyridine rings is 1. The van der Waals surface area contributed by atoms with Gasteiger partial charge in [0.2, 0.25) is 0 Å². The first kappa shape index (κ1) is 40.3. The number of nitriles is 1. The average Bonchev–Trinajstić information content (AvgIpc) is 3.63. The molecule has 1 atom stereocenters. The predicted molar refractivity (Wildman–Crippen MR) is 195 cm³/mol. The second-order valence-electron chi connectivity index (χ2n) is 13.8. The maximum atomic E-state index is 14.3. The molecule has 0 bridgehead atoms. The zero-order valence-electron chi connectivity index (χ0n) is 30.8. The standard InChI is InChI=1S/C38H41FN6O9/c1-37(2,3)45-36(49)52-20-29(43-35(48)54-38(4,5)6)33(46)41-24-11-8-10-22(16-24)26-18-28(25-14-13-23(39)17-31(25)53-21-50-7)42-32(27(26)19-40)44-34(47)30-12-9-15-51-30/h8-18,29H,20-21H2,1-7H3,(H,41,46)(H,43,48)(H,45,49)(H,42,44,47)/t29-/m0/s1. The molecule has 0 fully saturated rings. The third kappa shape index (κ3) is 11.5. The number of amides is 4. The molecule has 0 aliphatic rings. The molecule has 4 amide bonds. The van der Waals surface area contributed by atoms with Gasteiger partial charge in [0.1, 0.15) is 41.4 Å². The van der Waals surface area contributed by atoms with Gasteiger partial charge in [0, 0.05) is 35.5 Å². The lowest BCUT2D eigenvalue weighted by molar-refractivity contribution is -0.119. The van der Waals surface area contributed by atoms with Crippen LogP contribution in [0.1, 0.15) is 57.7 Å². The van der Waals surface area contributed by atoms with Gasteiger partial charge >= 0.3 is 12.2 Å². The fourth-order valence-corrected chi connectivity index (χ4v) is 4.77. The number of alkyl carbamates (subject to hydrolysis) is 2. The molecule has 0 unspecified atom stereocenters. The highest BCUT2D eigenvalue weighted by Crippen LogP contribution is 2.37. The van der Waals surface area contributed by atoms with Crippen LogP contribution in [0.2, 0.25) is 0 Å². The van der Waals surface area contributed by atoms with Crippen molar-refractivity contribution in [1.29, 1.82) is 5.26 Å². The number of carbonyl (C=O) groups excluding carboxylic acids is 4. The number of methoxy groups -OCH3 is 1. The fraction of sp³-hybridized carbons (Fsp3) is 0.316. The van der Waals surface area contributed by atoms with E-state index in [4.69, 9.17) is 23.4 Å². The number of hydrogen-bond acceptors (Lipinski definition) is 11. The van der Waals surface area contributed by atoms with Gasteiger partial charge in [-0.3, -0.25) is 9.59 Å². The molecule has 2 aromatic carbocycles. The summed E-state index contributed by atoms with van der Waals surface area (Å²) in [7, 11) is 1.40. The van der Waals surface area contributed by atoms with Gasteiger partial charge in [-0.25, -0.2) is 19.0 Å². The third-order valence-corrected chi connectivity index (χ3v) is 6.97. The van der Waals surface area contributed by atoms with Gasteiger partial charge in [-0.05, 0) is 89.6 Å². The van der Waals surface area contributed by atoms with Crippen molar-refractivity contribution in [2.24, 2.45) is 0 Å².